The normalized spacial score (nSPS) is 15.0. The van der Waals surface area contributed by atoms with Crippen LogP contribution in [0.5, 0.6) is 0 Å². The van der Waals surface area contributed by atoms with Crippen LogP contribution >= 0.6 is 0 Å². The third-order valence-electron chi connectivity index (χ3n) is 7.17. The van der Waals surface area contributed by atoms with Crippen LogP contribution in [-0.4, -0.2) is 36.5 Å². The van der Waals surface area contributed by atoms with Crippen molar-refractivity contribution in [3.05, 3.63) is 137 Å². The Balaban J connectivity index is 1.34. The summed E-state index contributed by atoms with van der Waals surface area (Å²) in [5, 5.41) is 6.77. The summed E-state index contributed by atoms with van der Waals surface area (Å²) in [4.78, 5) is 28.6. The molecule has 0 spiro atoms. The molecule has 2 amide bonds. The van der Waals surface area contributed by atoms with Crippen LogP contribution in [0.2, 0.25) is 0 Å². The minimum absolute atomic E-state index is 0.00473. The number of rotatable bonds is 12. The van der Waals surface area contributed by atoms with Crippen LogP contribution in [0.15, 0.2) is 109 Å². The van der Waals surface area contributed by atoms with Crippen molar-refractivity contribution in [3.8, 4) is 0 Å². The predicted octanol–water partition coefficient (Wildman–Crippen LogP) is 6.39. The third-order valence-corrected chi connectivity index (χ3v) is 7.17. The van der Waals surface area contributed by atoms with Crippen LogP contribution in [0.4, 0.5) is 5.69 Å². The summed E-state index contributed by atoms with van der Waals surface area (Å²) in [6.45, 7) is 3.80. The topological polar surface area (TPSA) is 70.7 Å². The smallest absolute Gasteiger partial charge is 0.256 e. The van der Waals surface area contributed by atoms with Crippen molar-refractivity contribution in [1.29, 1.82) is 0 Å². The van der Waals surface area contributed by atoms with Crippen molar-refractivity contribution in [2.24, 2.45) is 0 Å². The lowest BCUT2D eigenvalue weighted by Crippen LogP contribution is -2.34. The molecule has 4 aromatic rings. The van der Waals surface area contributed by atoms with E-state index in [-0.39, 0.29) is 24.0 Å². The Kier molecular flexibility index (Phi) is 8.89. The summed E-state index contributed by atoms with van der Waals surface area (Å²) < 4.78 is 5.50. The van der Waals surface area contributed by atoms with Gasteiger partial charge in [0.2, 0.25) is 0 Å². The fraction of sp³-hybridized carbons (Fsp3) is 0.235. The van der Waals surface area contributed by atoms with Gasteiger partial charge in [0.25, 0.3) is 11.8 Å². The summed E-state index contributed by atoms with van der Waals surface area (Å²) >= 11 is 0. The van der Waals surface area contributed by atoms with Gasteiger partial charge in [0.1, 0.15) is 6.17 Å². The summed E-state index contributed by atoms with van der Waals surface area (Å²) in [6.07, 6.45) is 1.11. The number of nitrogens with one attached hydrogen (secondary N) is 2. The molecule has 40 heavy (non-hydrogen) atoms. The summed E-state index contributed by atoms with van der Waals surface area (Å²) in [7, 11) is 0. The zero-order valence-electron chi connectivity index (χ0n) is 22.8. The molecule has 0 saturated carbocycles. The maximum absolute atomic E-state index is 13.5. The van der Waals surface area contributed by atoms with E-state index in [1.165, 1.54) is 0 Å². The fourth-order valence-corrected chi connectivity index (χ4v) is 5.17. The van der Waals surface area contributed by atoms with E-state index in [9.17, 15) is 9.59 Å². The molecule has 0 saturated heterocycles. The van der Waals surface area contributed by atoms with Crippen LogP contribution in [0.1, 0.15) is 63.0 Å². The van der Waals surface area contributed by atoms with Gasteiger partial charge in [-0.15, -0.1) is 0 Å². The Bertz CT molecular complexity index is 1420. The molecule has 5 rings (SSSR count). The molecule has 6 heteroatoms. The van der Waals surface area contributed by atoms with E-state index in [0.29, 0.717) is 37.3 Å². The van der Waals surface area contributed by atoms with Gasteiger partial charge in [0.15, 0.2) is 0 Å². The van der Waals surface area contributed by atoms with Crippen molar-refractivity contribution >= 4 is 17.5 Å². The molecule has 4 aromatic carbocycles. The Morgan fingerprint density at radius 3 is 2.40 bits per heavy atom. The van der Waals surface area contributed by atoms with E-state index in [2.05, 4.69) is 22.8 Å². The predicted molar refractivity (Wildman–Crippen MR) is 158 cm³/mol. The standard InChI is InChI=1S/C34H35N3O3/c1-2-40-22-12-21-37-32(29-19-9-10-20-30(29)34(37)39)35-28-18-11-17-27(24-28)33(38)36-31(26-15-7-4-8-16-26)23-25-13-5-3-6-14-25/h3-11,13-20,24,31-32,35H,2,12,21-23H2,1H3,(H,36,38). The molecule has 2 atom stereocenters. The van der Waals surface area contributed by atoms with E-state index in [0.717, 1.165) is 28.8 Å². The first-order valence-corrected chi connectivity index (χ1v) is 13.9. The van der Waals surface area contributed by atoms with Crippen molar-refractivity contribution in [2.45, 2.75) is 32.0 Å². The Morgan fingerprint density at radius 2 is 1.62 bits per heavy atom. The molecular formula is C34H35N3O3. The lowest BCUT2D eigenvalue weighted by Gasteiger charge is -2.27. The number of ether oxygens (including phenoxy) is 1. The summed E-state index contributed by atoms with van der Waals surface area (Å²) in [6, 6.07) is 35.2. The molecule has 1 heterocycles. The first-order valence-electron chi connectivity index (χ1n) is 13.9. The van der Waals surface area contributed by atoms with E-state index >= 15 is 0 Å². The van der Waals surface area contributed by atoms with Gasteiger partial charge >= 0.3 is 0 Å². The van der Waals surface area contributed by atoms with Crippen LogP contribution < -0.4 is 10.6 Å². The van der Waals surface area contributed by atoms with Crippen molar-refractivity contribution < 1.29 is 14.3 Å². The van der Waals surface area contributed by atoms with Gasteiger partial charge in [-0.1, -0.05) is 84.9 Å². The Hall–Kier alpha value is -4.42. The van der Waals surface area contributed by atoms with Crippen LogP contribution in [0.25, 0.3) is 0 Å². The van der Waals surface area contributed by atoms with Gasteiger partial charge in [-0.25, -0.2) is 0 Å². The number of hydrogen-bond acceptors (Lipinski definition) is 4. The molecular weight excluding hydrogens is 498 g/mol. The first kappa shape index (κ1) is 27.2. The van der Waals surface area contributed by atoms with Crippen molar-refractivity contribution in [2.75, 3.05) is 25.1 Å². The van der Waals surface area contributed by atoms with Crippen LogP contribution in [0.3, 0.4) is 0 Å². The number of carbonyl (C=O) groups excluding carboxylic acids is 2. The molecule has 1 aliphatic rings. The largest absolute Gasteiger partial charge is 0.382 e. The second-order valence-corrected chi connectivity index (χ2v) is 9.89. The second-order valence-electron chi connectivity index (χ2n) is 9.89. The van der Waals surface area contributed by atoms with Crippen LogP contribution in [0, 0.1) is 0 Å². The average molecular weight is 534 g/mol. The van der Waals surface area contributed by atoms with E-state index in [1.807, 2.05) is 109 Å². The van der Waals surface area contributed by atoms with Gasteiger partial charge in [-0.05, 0) is 55.2 Å². The highest BCUT2D eigenvalue weighted by Crippen LogP contribution is 2.34. The first-order chi connectivity index (χ1) is 19.6. The minimum Gasteiger partial charge on any atom is -0.382 e. The van der Waals surface area contributed by atoms with Crippen molar-refractivity contribution in [3.63, 3.8) is 0 Å². The number of anilines is 1. The molecule has 0 fully saturated rings. The zero-order valence-corrected chi connectivity index (χ0v) is 22.8. The maximum atomic E-state index is 13.5. The monoisotopic (exact) mass is 533 g/mol. The Labute approximate surface area is 236 Å². The average Bonchev–Trinajstić information content (AvgIpc) is 3.26. The van der Waals surface area contributed by atoms with Gasteiger partial charge < -0.3 is 20.3 Å². The number of amides is 2. The van der Waals surface area contributed by atoms with Gasteiger partial charge in [-0.3, -0.25) is 9.59 Å². The van der Waals surface area contributed by atoms with E-state index in [4.69, 9.17) is 4.74 Å². The minimum atomic E-state index is -0.321. The summed E-state index contributed by atoms with van der Waals surface area (Å²) in [5.41, 5.74) is 5.18. The lowest BCUT2D eigenvalue weighted by atomic mass is 9.98. The van der Waals surface area contributed by atoms with Gasteiger partial charge in [0.05, 0.1) is 6.04 Å². The lowest BCUT2D eigenvalue weighted by molar-refractivity contribution is 0.0708. The van der Waals surface area contributed by atoms with Crippen LogP contribution in [-0.2, 0) is 11.2 Å². The third kappa shape index (κ3) is 6.41. The molecule has 0 bridgehead atoms. The maximum Gasteiger partial charge on any atom is 0.256 e. The Morgan fingerprint density at radius 1 is 0.900 bits per heavy atom. The highest BCUT2D eigenvalue weighted by molar-refractivity contribution is 5.99. The van der Waals surface area contributed by atoms with E-state index < -0.39 is 0 Å². The highest BCUT2D eigenvalue weighted by atomic mass is 16.5. The highest BCUT2D eigenvalue weighted by Gasteiger charge is 2.36. The van der Waals surface area contributed by atoms with Gasteiger partial charge in [-0.2, -0.15) is 0 Å². The molecule has 6 nitrogen and oxygen atoms in total. The molecule has 1 aliphatic heterocycles. The fourth-order valence-electron chi connectivity index (χ4n) is 5.17. The molecule has 0 radical (unpaired) electrons. The molecule has 0 aliphatic carbocycles. The molecule has 2 N–H and O–H groups in total. The molecule has 2 unspecified atom stereocenters. The zero-order chi connectivity index (χ0) is 27.7. The number of benzene rings is 4. The number of carbonyl (C=O) groups is 2. The van der Waals surface area contributed by atoms with Crippen molar-refractivity contribution in [1.82, 2.24) is 10.2 Å². The molecule has 204 valence electrons. The van der Waals surface area contributed by atoms with E-state index in [1.54, 1.807) is 0 Å². The van der Waals surface area contributed by atoms with Gasteiger partial charge in [0, 0.05) is 42.1 Å². The number of hydrogen-bond donors (Lipinski definition) is 2. The quantitative estimate of drug-likeness (QED) is 0.207. The number of nitrogens with zero attached hydrogens (tertiary/aromatic N) is 1. The SMILES string of the molecule is CCOCCCN1C(=O)c2ccccc2C1Nc1cccc(C(=O)NC(Cc2ccccc2)c2ccccc2)c1. The molecule has 0 aromatic heterocycles. The second kappa shape index (κ2) is 13.1. The number of fused-ring (bicyclic) bond motifs is 1. The summed E-state index contributed by atoms with van der Waals surface area (Å²) in [5.74, 6) is -0.144.